The Balaban J connectivity index is 1.94. The van der Waals surface area contributed by atoms with E-state index in [1.54, 1.807) is 0 Å². The van der Waals surface area contributed by atoms with E-state index >= 15 is 0 Å². The highest BCUT2D eigenvalue weighted by atomic mass is 16.7. The van der Waals surface area contributed by atoms with Crippen molar-refractivity contribution in [2.45, 2.75) is 25.8 Å². The first-order chi connectivity index (χ1) is 8.53. The number of hydrogen-bond donors (Lipinski definition) is 1. The zero-order valence-corrected chi connectivity index (χ0v) is 11.4. The SMILES string of the molecule is CN(CCc1ccc2c(c1)OCO2)C(C)(C)CN. The van der Waals surface area contributed by atoms with Gasteiger partial charge >= 0.3 is 0 Å². The predicted molar refractivity (Wildman–Crippen MR) is 72.0 cm³/mol. The molecule has 100 valence electrons. The molecule has 1 aliphatic heterocycles. The van der Waals surface area contributed by atoms with Crippen molar-refractivity contribution in [2.24, 2.45) is 5.73 Å². The minimum absolute atomic E-state index is 0.0380. The molecule has 0 amide bonds. The molecule has 0 radical (unpaired) electrons. The Morgan fingerprint density at radius 3 is 2.72 bits per heavy atom. The zero-order valence-electron chi connectivity index (χ0n) is 11.4. The van der Waals surface area contributed by atoms with Gasteiger partial charge in [-0.3, -0.25) is 4.90 Å². The molecule has 0 unspecified atom stereocenters. The van der Waals surface area contributed by atoms with E-state index in [2.05, 4.69) is 37.9 Å². The Hall–Kier alpha value is -1.26. The van der Waals surface area contributed by atoms with E-state index in [1.165, 1.54) is 5.56 Å². The standard InChI is InChI=1S/C14H22N2O2/c1-14(2,9-15)16(3)7-6-11-4-5-12-13(8-11)18-10-17-12/h4-5,8H,6-7,9-10,15H2,1-3H3. The lowest BCUT2D eigenvalue weighted by atomic mass is 10.0. The molecule has 4 nitrogen and oxygen atoms in total. The average Bonchev–Trinajstić information content (AvgIpc) is 2.83. The highest BCUT2D eigenvalue weighted by Gasteiger charge is 2.21. The molecule has 0 saturated carbocycles. The first-order valence-corrected chi connectivity index (χ1v) is 6.33. The second-order valence-electron chi connectivity index (χ2n) is 5.38. The zero-order chi connectivity index (χ0) is 13.2. The lowest BCUT2D eigenvalue weighted by molar-refractivity contribution is 0.166. The maximum atomic E-state index is 5.77. The van der Waals surface area contributed by atoms with Crippen molar-refractivity contribution < 1.29 is 9.47 Å². The molecule has 0 saturated heterocycles. The molecule has 1 aliphatic rings. The number of ether oxygens (including phenoxy) is 2. The Morgan fingerprint density at radius 2 is 2.00 bits per heavy atom. The third kappa shape index (κ3) is 2.76. The van der Waals surface area contributed by atoms with Gasteiger partial charge in [0.25, 0.3) is 0 Å². The van der Waals surface area contributed by atoms with Crippen LogP contribution < -0.4 is 15.2 Å². The van der Waals surface area contributed by atoms with E-state index in [0.29, 0.717) is 13.3 Å². The van der Waals surface area contributed by atoms with E-state index in [1.807, 2.05) is 6.07 Å². The molecule has 0 fully saturated rings. The first kappa shape index (κ1) is 13.2. The highest BCUT2D eigenvalue weighted by molar-refractivity contribution is 5.44. The second kappa shape index (κ2) is 5.16. The van der Waals surface area contributed by atoms with Crippen LogP contribution in [0.15, 0.2) is 18.2 Å². The molecule has 0 aliphatic carbocycles. The van der Waals surface area contributed by atoms with Crippen LogP contribution in [0.3, 0.4) is 0 Å². The summed E-state index contributed by atoms with van der Waals surface area (Å²) in [4.78, 5) is 2.29. The fourth-order valence-corrected chi connectivity index (χ4v) is 1.85. The van der Waals surface area contributed by atoms with Crippen LogP contribution in [0.5, 0.6) is 11.5 Å². The van der Waals surface area contributed by atoms with Crippen LogP contribution in [-0.2, 0) is 6.42 Å². The van der Waals surface area contributed by atoms with E-state index in [-0.39, 0.29) is 5.54 Å². The largest absolute Gasteiger partial charge is 0.454 e. The van der Waals surface area contributed by atoms with Gasteiger partial charge in [0.05, 0.1) is 0 Å². The molecule has 1 aromatic rings. The highest BCUT2D eigenvalue weighted by Crippen LogP contribution is 2.32. The lowest BCUT2D eigenvalue weighted by Gasteiger charge is -2.34. The molecule has 1 heterocycles. The number of nitrogens with two attached hydrogens (primary N) is 1. The van der Waals surface area contributed by atoms with E-state index in [0.717, 1.165) is 24.5 Å². The molecule has 18 heavy (non-hydrogen) atoms. The summed E-state index contributed by atoms with van der Waals surface area (Å²) in [5.41, 5.74) is 7.07. The first-order valence-electron chi connectivity index (χ1n) is 6.33. The van der Waals surface area contributed by atoms with E-state index < -0.39 is 0 Å². The van der Waals surface area contributed by atoms with Gasteiger partial charge in [0, 0.05) is 18.6 Å². The van der Waals surface area contributed by atoms with Gasteiger partial charge in [-0.15, -0.1) is 0 Å². The van der Waals surface area contributed by atoms with Crippen molar-refractivity contribution in [1.82, 2.24) is 4.90 Å². The fourth-order valence-electron chi connectivity index (χ4n) is 1.85. The third-order valence-corrected chi connectivity index (χ3v) is 3.71. The normalized spacial score (nSPS) is 14.3. The molecule has 2 N–H and O–H groups in total. The van der Waals surface area contributed by atoms with Gasteiger partial charge in [-0.1, -0.05) is 6.07 Å². The summed E-state index contributed by atoms with van der Waals surface area (Å²) >= 11 is 0. The van der Waals surface area contributed by atoms with Gasteiger partial charge in [0.15, 0.2) is 11.5 Å². The van der Waals surface area contributed by atoms with Crippen LogP contribution in [0.25, 0.3) is 0 Å². The number of likely N-dealkylation sites (N-methyl/N-ethyl adjacent to an activating group) is 1. The van der Waals surface area contributed by atoms with Crippen LogP contribution in [-0.4, -0.2) is 37.4 Å². The summed E-state index contributed by atoms with van der Waals surface area (Å²) in [5, 5.41) is 0. The Bertz CT molecular complexity index is 418. The summed E-state index contributed by atoms with van der Waals surface area (Å²) in [6.07, 6.45) is 0.983. The molecule has 1 aromatic carbocycles. The Morgan fingerprint density at radius 1 is 1.28 bits per heavy atom. The van der Waals surface area contributed by atoms with Crippen LogP contribution in [0.1, 0.15) is 19.4 Å². The van der Waals surface area contributed by atoms with Gasteiger partial charge in [-0.2, -0.15) is 0 Å². The van der Waals surface area contributed by atoms with Crippen molar-refractivity contribution in [3.63, 3.8) is 0 Å². The molecule has 2 rings (SSSR count). The molecule has 0 spiro atoms. The van der Waals surface area contributed by atoms with Crippen LogP contribution in [0.4, 0.5) is 0 Å². The quantitative estimate of drug-likeness (QED) is 0.863. The van der Waals surface area contributed by atoms with Gasteiger partial charge in [-0.05, 0) is 45.0 Å². The van der Waals surface area contributed by atoms with Crippen LogP contribution >= 0.6 is 0 Å². The number of rotatable bonds is 5. The molecule has 0 aromatic heterocycles. The second-order valence-corrected chi connectivity index (χ2v) is 5.38. The number of hydrogen-bond acceptors (Lipinski definition) is 4. The fraction of sp³-hybridized carbons (Fsp3) is 0.571. The molecule has 0 bridgehead atoms. The monoisotopic (exact) mass is 250 g/mol. The molecular formula is C14H22N2O2. The smallest absolute Gasteiger partial charge is 0.231 e. The van der Waals surface area contributed by atoms with Crippen molar-refractivity contribution in [1.29, 1.82) is 0 Å². The Kier molecular flexibility index (Phi) is 3.78. The summed E-state index contributed by atoms with van der Waals surface area (Å²) in [7, 11) is 2.11. The summed E-state index contributed by atoms with van der Waals surface area (Å²) < 4.78 is 10.7. The van der Waals surface area contributed by atoms with Gasteiger partial charge < -0.3 is 15.2 Å². The third-order valence-electron chi connectivity index (χ3n) is 3.71. The van der Waals surface area contributed by atoms with Crippen molar-refractivity contribution in [2.75, 3.05) is 26.9 Å². The maximum Gasteiger partial charge on any atom is 0.231 e. The summed E-state index contributed by atoms with van der Waals surface area (Å²) in [6, 6.07) is 6.13. The average molecular weight is 250 g/mol. The molecule has 4 heteroatoms. The topological polar surface area (TPSA) is 47.7 Å². The minimum atomic E-state index is 0.0380. The van der Waals surface area contributed by atoms with Crippen LogP contribution in [0, 0.1) is 0 Å². The maximum absolute atomic E-state index is 5.77. The number of benzene rings is 1. The van der Waals surface area contributed by atoms with Crippen LogP contribution in [0.2, 0.25) is 0 Å². The van der Waals surface area contributed by atoms with E-state index in [9.17, 15) is 0 Å². The minimum Gasteiger partial charge on any atom is -0.454 e. The predicted octanol–water partition coefficient (Wildman–Crippen LogP) is 1.63. The van der Waals surface area contributed by atoms with E-state index in [4.69, 9.17) is 15.2 Å². The number of fused-ring (bicyclic) bond motifs is 1. The van der Waals surface area contributed by atoms with Crippen molar-refractivity contribution in [3.8, 4) is 11.5 Å². The summed E-state index contributed by atoms with van der Waals surface area (Å²) in [6.45, 7) is 6.28. The van der Waals surface area contributed by atoms with Gasteiger partial charge in [-0.25, -0.2) is 0 Å². The van der Waals surface area contributed by atoms with Gasteiger partial charge in [0.1, 0.15) is 0 Å². The molecular weight excluding hydrogens is 228 g/mol. The molecule has 0 atom stereocenters. The van der Waals surface area contributed by atoms with Crippen molar-refractivity contribution in [3.05, 3.63) is 23.8 Å². The van der Waals surface area contributed by atoms with Crippen molar-refractivity contribution >= 4 is 0 Å². The van der Waals surface area contributed by atoms with Gasteiger partial charge in [0.2, 0.25) is 6.79 Å². The summed E-state index contributed by atoms with van der Waals surface area (Å²) in [5.74, 6) is 1.70. The number of nitrogens with zero attached hydrogens (tertiary/aromatic N) is 1. The Labute approximate surface area is 109 Å². The lowest BCUT2D eigenvalue weighted by Crippen LogP contribution is -2.47.